The minimum atomic E-state index is -0.121. The summed E-state index contributed by atoms with van der Waals surface area (Å²) in [5.41, 5.74) is 2.42. The zero-order valence-corrected chi connectivity index (χ0v) is 18.0. The molecule has 1 unspecified atom stereocenters. The Bertz CT molecular complexity index is 548. The van der Waals surface area contributed by atoms with E-state index in [0.29, 0.717) is 19.0 Å². The highest BCUT2D eigenvalue weighted by molar-refractivity contribution is 7.99. The zero-order chi connectivity index (χ0) is 17.5. The third-order valence-corrected chi connectivity index (χ3v) is 6.04. The molecule has 27 heavy (non-hydrogen) atoms. The van der Waals surface area contributed by atoms with Gasteiger partial charge in [0.15, 0.2) is 0 Å². The Kier molecular flexibility index (Phi) is 11.7. The van der Waals surface area contributed by atoms with Crippen LogP contribution in [0.4, 0.5) is 0 Å². The molecular formula is C19H31Cl2N3O2S. The zero-order valence-electron chi connectivity index (χ0n) is 15.6. The SMILES string of the molecule is Cl.Cl.O=C(CC1CSCCN1)NCc1ccc(CN2CCC(O)CC2)cc1. The molecule has 8 heteroatoms. The molecule has 0 aromatic heterocycles. The summed E-state index contributed by atoms with van der Waals surface area (Å²) in [5.74, 6) is 2.29. The van der Waals surface area contributed by atoms with Crippen molar-refractivity contribution in [1.29, 1.82) is 0 Å². The Morgan fingerprint density at radius 3 is 2.48 bits per heavy atom. The molecule has 2 fully saturated rings. The fraction of sp³-hybridized carbons (Fsp3) is 0.632. The van der Waals surface area contributed by atoms with E-state index in [1.807, 2.05) is 11.8 Å². The Morgan fingerprint density at radius 2 is 1.85 bits per heavy atom. The number of carbonyl (C=O) groups excluding carboxylic acids is 1. The van der Waals surface area contributed by atoms with Crippen molar-refractivity contribution in [2.24, 2.45) is 0 Å². The van der Waals surface area contributed by atoms with Crippen LogP contribution in [0.1, 0.15) is 30.4 Å². The quantitative estimate of drug-likeness (QED) is 0.638. The lowest BCUT2D eigenvalue weighted by Crippen LogP contribution is -2.41. The van der Waals surface area contributed by atoms with Gasteiger partial charge >= 0.3 is 0 Å². The molecule has 2 aliphatic rings. The lowest BCUT2D eigenvalue weighted by molar-refractivity contribution is -0.121. The first kappa shape index (κ1) is 24.5. The van der Waals surface area contributed by atoms with Gasteiger partial charge in [0.1, 0.15) is 0 Å². The number of hydrogen-bond acceptors (Lipinski definition) is 5. The number of aliphatic hydroxyl groups excluding tert-OH is 1. The molecular weight excluding hydrogens is 405 g/mol. The highest BCUT2D eigenvalue weighted by Gasteiger charge is 2.17. The number of benzene rings is 1. The van der Waals surface area contributed by atoms with Gasteiger partial charge in [0.2, 0.25) is 5.91 Å². The Balaban J connectivity index is 0.00000182. The predicted molar refractivity (Wildman–Crippen MR) is 117 cm³/mol. The van der Waals surface area contributed by atoms with Crippen LogP contribution in [0.15, 0.2) is 24.3 Å². The maximum absolute atomic E-state index is 12.1. The third-order valence-electron chi connectivity index (χ3n) is 4.91. The van der Waals surface area contributed by atoms with Gasteiger partial charge in [-0.1, -0.05) is 24.3 Å². The van der Waals surface area contributed by atoms with Gasteiger partial charge in [-0.15, -0.1) is 24.8 Å². The van der Waals surface area contributed by atoms with Crippen LogP contribution in [-0.2, 0) is 17.9 Å². The lowest BCUT2D eigenvalue weighted by atomic mass is 10.1. The number of aliphatic hydroxyl groups is 1. The monoisotopic (exact) mass is 435 g/mol. The summed E-state index contributed by atoms with van der Waals surface area (Å²) in [4.78, 5) is 14.4. The van der Waals surface area contributed by atoms with Crippen LogP contribution in [0.3, 0.4) is 0 Å². The number of likely N-dealkylation sites (tertiary alicyclic amines) is 1. The van der Waals surface area contributed by atoms with E-state index in [0.717, 1.165) is 56.1 Å². The van der Waals surface area contributed by atoms with Crippen molar-refractivity contribution in [2.45, 2.75) is 44.5 Å². The molecule has 0 saturated carbocycles. The van der Waals surface area contributed by atoms with Crippen LogP contribution >= 0.6 is 36.6 Å². The second kappa shape index (κ2) is 12.9. The largest absolute Gasteiger partial charge is 0.393 e. The number of hydrogen-bond donors (Lipinski definition) is 3. The van der Waals surface area contributed by atoms with Gasteiger partial charge < -0.3 is 15.7 Å². The standard InChI is InChI=1S/C19H29N3O2S.2ClH/c23-18-5-8-22(9-6-18)13-16-3-1-15(2-4-16)12-21-19(24)11-17-14-25-10-7-20-17;;/h1-4,17-18,20,23H,5-14H2,(H,21,24);2*1H. The van der Waals surface area contributed by atoms with Crippen molar-refractivity contribution >= 4 is 42.5 Å². The van der Waals surface area contributed by atoms with Crippen LogP contribution in [-0.4, -0.2) is 59.2 Å². The van der Waals surface area contributed by atoms with Crippen LogP contribution < -0.4 is 10.6 Å². The van der Waals surface area contributed by atoms with Crippen LogP contribution in [0, 0.1) is 0 Å². The summed E-state index contributed by atoms with van der Waals surface area (Å²) in [5, 5.41) is 16.0. The fourth-order valence-corrected chi connectivity index (χ4v) is 4.29. The first-order chi connectivity index (χ1) is 12.2. The highest BCUT2D eigenvalue weighted by atomic mass is 35.5. The molecule has 0 aliphatic carbocycles. The highest BCUT2D eigenvalue weighted by Crippen LogP contribution is 2.14. The number of rotatable bonds is 6. The van der Waals surface area contributed by atoms with E-state index < -0.39 is 0 Å². The molecule has 1 aromatic carbocycles. The van der Waals surface area contributed by atoms with E-state index >= 15 is 0 Å². The third kappa shape index (κ3) is 8.59. The second-order valence-electron chi connectivity index (χ2n) is 7.03. The molecule has 0 radical (unpaired) electrons. The molecule has 1 atom stereocenters. The predicted octanol–water partition coefficient (Wildman–Crippen LogP) is 2.20. The summed E-state index contributed by atoms with van der Waals surface area (Å²) >= 11 is 1.91. The summed E-state index contributed by atoms with van der Waals surface area (Å²) in [6, 6.07) is 8.80. The van der Waals surface area contributed by atoms with Crippen molar-refractivity contribution in [3.8, 4) is 0 Å². The molecule has 3 rings (SSSR count). The molecule has 3 N–H and O–H groups in total. The van der Waals surface area contributed by atoms with Gasteiger partial charge in [0.25, 0.3) is 0 Å². The van der Waals surface area contributed by atoms with Gasteiger partial charge in [-0.3, -0.25) is 9.69 Å². The van der Waals surface area contributed by atoms with E-state index in [1.165, 1.54) is 5.56 Å². The molecule has 2 saturated heterocycles. The molecule has 1 aromatic rings. The number of amides is 1. The summed E-state index contributed by atoms with van der Waals surface area (Å²) in [7, 11) is 0. The number of thioether (sulfide) groups is 1. The second-order valence-corrected chi connectivity index (χ2v) is 8.18. The van der Waals surface area contributed by atoms with Gasteiger partial charge in [-0.25, -0.2) is 0 Å². The van der Waals surface area contributed by atoms with Crippen molar-refractivity contribution < 1.29 is 9.90 Å². The number of nitrogens with zero attached hydrogens (tertiary/aromatic N) is 1. The first-order valence-corrected chi connectivity index (χ1v) is 10.4. The van der Waals surface area contributed by atoms with E-state index in [9.17, 15) is 9.90 Å². The maximum atomic E-state index is 12.1. The van der Waals surface area contributed by atoms with E-state index in [-0.39, 0.29) is 36.8 Å². The number of nitrogens with one attached hydrogen (secondary N) is 2. The van der Waals surface area contributed by atoms with Crippen molar-refractivity contribution in [1.82, 2.24) is 15.5 Å². The molecule has 2 aliphatic heterocycles. The molecule has 0 bridgehead atoms. The van der Waals surface area contributed by atoms with Crippen LogP contribution in [0.25, 0.3) is 0 Å². The summed E-state index contributed by atoms with van der Waals surface area (Å²) in [6.07, 6.45) is 2.19. The number of halogens is 2. The van der Waals surface area contributed by atoms with Crippen molar-refractivity contribution in [2.75, 3.05) is 31.1 Å². The first-order valence-electron chi connectivity index (χ1n) is 9.25. The fourth-order valence-electron chi connectivity index (χ4n) is 3.35. The Hall–Kier alpha value is -0.500. The Morgan fingerprint density at radius 1 is 1.19 bits per heavy atom. The van der Waals surface area contributed by atoms with E-state index in [1.54, 1.807) is 0 Å². The minimum Gasteiger partial charge on any atom is -0.393 e. The van der Waals surface area contributed by atoms with E-state index in [4.69, 9.17) is 0 Å². The minimum absolute atomic E-state index is 0. The van der Waals surface area contributed by atoms with Gasteiger partial charge in [0, 0.05) is 56.7 Å². The smallest absolute Gasteiger partial charge is 0.221 e. The van der Waals surface area contributed by atoms with Crippen molar-refractivity contribution in [3.63, 3.8) is 0 Å². The van der Waals surface area contributed by atoms with Gasteiger partial charge in [-0.05, 0) is 24.0 Å². The Labute approximate surface area is 178 Å². The maximum Gasteiger partial charge on any atom is 0.221 e. The van der Waals surface area contributed by atoms with Gasteiger partial charge in [0.05, 0.1) is 6.10 Å². The van der Waals surface area contributed by atoms with Crippen LogP contribution in [0.5, 0.6) is 0 Å². The molecule has 0 spiro atoms. The van der Waals surface area contributed by atoms with E-state index in [2.05, 4.69) is 39.8 Å². The van der Waals surface area contributed by atoms with Crippen molar-refractivity contribution in [3.05, 3.63) is 35.4 Å². The number of piperidine rings is 1. The molecule has 1 amide bonds. The molecule has 5 nitrogen and oxygen atoms in total. The average Bonchev–Trinajstić information content (AvgIpc) is 2.64. The van der Waals surface area contributed by atoms with Gasteiger partial charge in [-0.2, -0.15) is 11.8 Å². The molecule has 2 heterocycles. The average molecular weight is 436 g/mol. The summed E-state index contributed by atoms with van der Waals surface area (Å²) < 4.78 is 0. The lowest BCUT2D eigenvalue weighted by Gasteiger charge is -2.29. The summed E-state index contributed by atoms with van der Waals surface area (Å²) in [6.45, 7) is 4.46. The van der Waals surface area contributed by atoms with Crippen LogP contribution in [0.2, 0.25) is 0 Å². The topological polar surface area (TPSA) is 64.6 Å². The number of carbonyl (C=O) groups is 1. The normalized spacial score (nSPS) is 21.0. The molecule has 154 valence electrons.